The van der Waals surface area contributed by atoms with Crippen LogP contribution in [0, 0.1) is 11.3 Å². The summed E-state index contributed by atoms with van der Waals surface area (Å²) < 4.78 is 1.05. The van der Waals surface area contributed by atoms with Gasteiger partial charge in [0.1, 0.15) is 0 Å². The van der Waals surface area contributed by atoms with Gasteiger partial charge in [-0.05, 0) is 54.6 Å². The summed E-state index contributed by atoms with van der Waals surface area (Å²) in [4.78, 5) is 40.4. The largest absolute Gasteiger partial charge is 0.333 e. The third kappa shape index (κ3) is 3.42. The molecule has 1 amide bonds. The molecule has 0 unspecified atom stereocenters. The average Bonchev–Trinajstić information content (AvgIpc) is 2.74. The van der Waals surface area contributed by atoms with Crippen molar-refractivity contribution in [3.63, 3.8) is 0 Å². The molecule has 1 heterocycles. The zero-order valence-corrected chi connectivity index (χ0v) is 15.0. The highest BCUT2D eigenvalue weighted by molar-refractivity contribution is 6.06. The van der Waals surface area contributed by atoms with E-state index in [-0.39, 0.29) is 11.1 Å². The van der Waals surface area contributed by atoms with E-state index in [0.717, 1.165) is 4.57 Å². The van der Waals surface area contributed by atoms with Crippen LogP contribution in [0.5, 0.6) is 0 Å². The number of nitrogens with one attached hydrogen (secondary N) is 2. The molecule has 0 aliphatic rings. The molecule has 0 bridgehead atoms. The molecule has 4 rings (SSSR count). The third-order valence-corrected chi connectivity index (χ3v) is 4.45. The van der Waals surface area contributed by atoms with E-state index in [0.29, 0.717) is 22.3 Å². The summed E-state index contributed by atoms with van der Waals surface area (Å²) in [7, 11) is 0. The van der Waals surface area contributed by atoms with Crippen molar-refractivity contribution in [1.82, 2.24) is 9.55 Å². The molecule has 1 aromatic heterocycles. The Morgan fingerprint density at radius 1 is 0.966 bits per heavy atom. The maximum absolute atomic E-state index is 12.8. The molecule has 7 heteroatoms. The van der Waals surface area contributed by atoms with Gasteiger partial charge in [-0.15, -0.1) is 0 Å². The van der Waals surface area contributed by atoms with Gasteiger partial charge in [-0.25, -0.2) is 9.36 Å². The van der Waals surface area contributed by atoms with Gasteiger partial charge in [0.25, 0.3) is 11.5 Å². The Bertz CT molecular complexity index is 1380. The molecule has 2 N–H and O–H groups in total. The number of H-pyrrole nitrogens is 1. The Labute approximate surface area is 164 Å². The highest BCUT2D eigenvalue weighted by atomic mass is 16.2. The van der Waals surface area contributed by atoms with Crippen molar-refractivity contribution >= 4 is 22.5 Å². The summed E-state index contributed by atoms with van der Waals surface area (Å²) in [5, 5.41) is 11.8. The second-order valence-electron chi connectivity index (χ2n) is 6.31. The summed E-state index contributed by atoms with van der Waals surface area (Å²) >= 11 is 0. The highest BCUT2D eigenvalue weighted by Crippen LogP contribution is 2.14. The standard InChI is InChI=1S/C22H14N4O3/c23-13-14-6-9-16(10-7-14)24-20(27)15-8-11-18-19(12-15)25-22(29)26(21(18)28)17-4-2-1-3-5-17/h1-12H,(H,24,27)(H,25,29). The van der Waals surface area contributed by atoms with Gasteiger partial charge in [0.2, 0.25) is 0 Å². The molecule has 7 nitrogen and oxygen atoms in total. The van der Waals surface area contributed by atoms with Crippen LogP contribution in [-0.2, 0) is 0 Å². The van der Waals surface area contributed by atoms with Crippen molar-refractivity contribution in [1.29, 1.82) is 5.26 Å². The summed E-state index contributed by atoms with van der Waals surface area (Å²) in [6, 6.07) is 21.6. The number of hydrogen-bond acceptors (Lipinski definition) is 4. The minimum atomic E-state index is -0.585. The summed E-state index contributed by atoms with van der Waals surface area (Å²) in [5.41, 5.74) is 0.993. The van der Waals surface area contributed by atoms with Crippen LogP contribution in [0.4, 0.5) is 5.69 Å². The zero-order valence-electron chi connectivity index (χ0n) is 15.0. The number of carbonyl (C=O) groups is 1. The van der Waals surface area contributed by atoms with Crippen LogP contribution >= 0.6 is 0 Å². The molecular formula is C22H14N4O3. The van der Waals surface area contributed by atoms with Gasteiger partial charge in [0, 0.05) is 11.3 Å². The monoisotopic (exact) mass is 382 g/mol. The van der Waals surface area contributed by atoms with E-state index in [4.69, 9.17) is 5.26 Å². The number of hydrogen-bond donors (Lipinski definition) is 2. The van der Waals surface area contributed by atoms with Crippen LogP contribution in [0.3, 0.4) is 0 Å². The van der Waals surface area contributed by atoms with Crippen LogP contribution in [0.25, 0.3) is 16.6 Å². The number of para-hydroxylation sites is 1. The summed E-state index contributed by atoms with van der Waals surface area (Å²) in [6.45, 7) is 0. The van der Waals surface area contributed by atoms with Gasteiger partial charge in [-0.1, -0.05) is 18.2 Å². The molecule has 0 aliphatic heterocycles. The molecule has 0 saturated heterocycles. The quantitative estimate of drug-likeness (QED) is 0.568. The van der Waals surface area contributed by atoms with Crippen molar-refractivity contribution in [2.75, 3.05) is 5.32 Å². The number of amides is 1. The molecule has 0 radical (unpaired) electrons. The lowest BCUT2D eigenvalue weighted by molar-refractivity contribution is 0.102. The average molecular weight is 382 g/mol. The fraction of sp³-hybridized carbons (Fsp3) is 0. The predicted octanol–water partition coefficient (Wildman–Crippen LogP) is 2.80. The fourth-order valence-corrected chi connectivity index (χ4v) is 3.00. The fourth-order valence-electron chi connectivity index (χ4n) is 3.00. The first-order valence-electron chi connectivity index (χ1n) is 8.73. The first kappa shape index (κ1) is 17.9. The van der Waals surface area contributed by atoms with Crippen molar-refractivity contribution in [3.8, 4) is 11.8 Å². The maximum atomic E-state index is 12.8. The Morgan fingerprint density at radius 2 is 1.69 bits per heavy atom. The van der Waals surface area contributed by atoms with Crippen LogP contribution in [0.15, 0.2) is 82.4 Å². The SMILES string of the molecule is N#Cc1ccc(NC(=O)c2ccc3c(=O)n(-c4ccccc4)c(=O)[nH]c3c2)cc1. The van der Waals surface area contributed by atoms with E-state index >= 15 is 0 Å². The lowest BCUT2D eigenvalue weighted by atomic mass is 10.1. The lowest BCUT2D eigenvalue weighted by Crippen LogP contribution is -2.33. The molecule has 0 atom stereocenters. The van der Waals surface area contributed by atoms with Gasteiger partial charge < -0.3 is 10.3 Å². The van der Waals surface area contributed by atoms with Crippen molar-refractivity contribution < 1.29 is 4.79 Å². The number of nitrogens with zero attached hydrogens (tertiary/aromatic N) is 2. The topological polar surface area (TPSA) is 108 Å². The van der Waals surface area contributed by atoms with Crippen molar-refractivity contribution in [2.24, 2.45) is 0 Å². The van der Waals surface area contributed by atoms with E-state index in [1.807, 2.05) is 6.07 Å². The molecule has 0 aliphatic carbocycles. The molecule has 4 aromatic rings. The number of fused-ring (bicyclic) bond motifs is 1. The predicted molar refractivity (Wildman–Crippen MR) is 109 cm³/mol. The Balaban J connectivity index is 1.71. The number of nitriles is 1. The van der Waals surface area contributed by atoms with Crippen LogP contribution in [0.2, 0.25) is 0 Å². The molecule has 29 heavy (non-hydrogen) atoms. The smallest absolute Gasteiger partial charge is 0.322 e. The molecule has 140 valence electrons. The maximum Gasteiger partial charge on any atom is 0.333 e. The number of carbonyl (C=O) groups excluding carboxylic acids is 1. The van der Waals surface area contributed by atoms with Crippen molar-refractivity contribution in [3.05, 3.63) is 105 Å². The number of benzene rings is 3. The van der Waals surface area contributed by atoms with Gasteiger partial charge in [0.15, 0.2) is 0 Å². The number of aromatic amines is 1. The number of anilines is 1. The lowest BCUT2D eigenvalue weighted by Gasteiger charge is -2.08. The molecule has 0 spiro atoms. The summed E-state index contributed by atoms with van der Waals surface area (Å²) in [5.74, 6) is -0.398. The van der Waals surface area contributed by atoms with Gasteiger partial charge >= 0.3 is 5.69 Å². The number of rotatable bonds is 3. The second-order valence-corrected chi connectivity index (χ2v) is 6.31. The van der Waals surface area contributed by atoms with E-state index in [1.54, 1.807) is 54.6 Å². The second kappa shape index (κ2) is 7.29. The van der Waals surface area contributed by atoms with Crippen LogP contribution in [-0.4, -0.2) is 15.5 Å². The van der Waals surface area contributed by atoms with Crippen LogP contribution < -0.4 is 16.6 Å². The first-order valence-corrected chi connectivity index (χ1v) is 8.73. The minimum absolute atomic E-state index is 0.277. The Kier molecular flexibility index (Phi) is 4.51. The Morgan fingerprint density at radius 3 is 2.38 bits per heavy atom. The van der Waals surface area contributed by atoms with Crippen LogP contribution in [0.1, 0.15) is 15.9 Å². The van der Waals surface area contributed by atoms with Gasteiger partial charge in [0.05, 0.1) is 28.2 Å². The first-order chi connectivity index (χ1) is 14.1. The third-order valence-electron chi connectivity index (χ3n) is 4.45. The van der Waals surface area contributed by atoms with E-state index in [1.165, 1.54) is 18.2 Å². The molecule has 0 saturated carbocycles. The zero-order chi connectivity index (χ0) is 20.4. The number of aromatic nitrogens is 2. The van der Waals surface area contributed by atoms with E-state index in [9.17, 15) is 14.4 Å². The van der Waals surface area contributed by atoms with Gasteiger partial charge in [-0.2, -0.15) is 5.26 Å². The molecule has 3 aromatic carbocycles. The van der Waals surface area contributed by atoms with Crippen molar-refractivity contribution in [2.45, 2.75) is 0 Å². The normalized spacial score (nSPS) is 10.4. The van der Waals surface area contributed by atoms with E-state index in [2.05, 4.69) is 10.3 Å². The summed E-state index contributed by atoms with van der Waals surface area (Å²) in [6.07, 6.45) is 0. The highest BCUT2D eigenvalue weighted by Gasteiger charge is 2.12. The minimum Gasteiger partial charge on any atom is -0.322 e. The molecule has 0 fully saturated rings. The van der Waals surface area contributed by atoms with Gasteiger partial charge in [-0.3, -0.25) is 9.59 Å². The van der Waals surface area contributed by atoms with E-state index < -0.39 is 17.2 Å². The Hall–Kier alpha value is -4.44. The molecular weight excluding hydrogens is 368 g/mol.